The fourth-order valence-electron chi connectivity index (χ4n) is 5.18. The Balaban J connectivity index is 1.41. The molecule has 2 heterocycles. The standard InChI is InChI=1S/C31H28F3N3O2/c1-21-20-30(23-8-4-3-5-9-23,15-14-29(21,2)31(32,33)34)28(39)36-25-11-12-26-22(18-25)13-17-37(26)27(38)19-24-10-6-7-16-35-24/h3-12,14-16,18,20H,13,17,19H2,1-2H3,(H,36,39). The van der Waals surface area contributed by atoms with Crippen LogP contribution in [0.5, 0.6) is 0 Å². The smallest absolute Gasteiger partial charge is 0.325 e. The molecule has 2 atom stereocenters. The van der Waals surface area contributed by atoms with Gasteiger partial charge < -0.3 is 10.2 Å². The van der Waals surface area contributed by atoms with Crippen LogP contribution in [0.1, 0.15) is 30.7 Å². The highest BCUT2D eigenvalue weighted by molar-refractivity contribution is 6.03. The number of allylic oxidation sites excluding steroid dienone is 2. The summed E-state index contributed by atoms with van der Waals surface area (Å²) in [4.78, 5) is 32.7. The number of fused-ring (bicyclic) bond motifs is 1. The molecule has 1 N–H and O–H groups in total. The summed E-state index contributed by atoms with van der Waals surface area (Å²) in [6.45, 7) is 3.05. The zero-order valence-electron chi connectivity index (χ0n) is 21.6. The van der Waals surface area contributed by atoms with Crippen LogP contribution in [0, 0.1) is 5.41 Å². The van der Waals surface area contributed by atoms with Gasteiger partial charge in [-0.1, -0.05) is 60.2 Å². The summed E-state index contributed by atoms with van der Waals surface area (Å²) in [6, 6.07) is 19.5. The number of hydrogen-bond donors (Lipinski definition) is 1. The van der Waals surface area contributed by atoms with Crippen molar-refractivity contribution < 1.29 is 22.8 Å². The van der Waals surface area contributed by atoms with Gasteiger partial charge in [0.05, 0.1) is 6.42 Å². The third-order valence-corrected chi connectivity index (χ3v) is 7.75. The van der Waals surface area contributed by atoms with Gasteiger partial charge in [-0.05, 0) is 61.7 Å². The van der Waals surface area contributed by atoms with Crippen molar-refractivity contribution in [3.05, 3.63) is 114 Å². The summed E-state index contributed by atoms with van der Waals surface area (Å²) in [7, 11) is 0. The summed E-state index contributed by atoms with van der Waals surface area (Å²) in [6.07, 6.45) is 1.82. The maximum Gasteiger partial charge on any atom is 0.401 e. The van der Waals surface area contributed by atoms with Crippen molar-refractivity contribution in [2.75, 3.05) is 16.8 Å². The Labute approximate surface area is 225 Å². The number of hydrogen-bond acceptors (Lipinski definition) is 3. The second-order valence-corrected chi connectivity index (χ2v) is 10.2. The van der Waals surface area contributed by atoms with Gasteiger partial charge in [-0.2, -0.15) is 13.2 Å². The molecule has 2 aliphatic rings. The van der Waals surface area contributed by atoms with E-state index in [1.807, 2.05) is 18.2 Å². The van der Waals surface area contributed by atoms with E-state index in [4.69, 9.17) is 0 Å². The van der Waals surface area contributed by atoms with Crippen LogP contribution in [0.3, 0.4) is 0 Å². The molecule has 5 rings (SSSR count). The third-order valence-electron chi connectivity index (χ3n) is 7.75. The lowest BCUT2D eigenvalue weighted by atomic mass is 9.67. The summed E-state index contributed by atoms with van der Waals surface area (Å²) in [5.41, 5.74) is -0.0764. The number of alkyl halides is 3. The molecule has 200 valence electrons. The van der Waals surface area contributed by atoms with Crippen LogP contribution in [0.2, 0.25) is 0 Å². The number of carbonyl (C=O) groups excluding carboxylic acids is 2. The molecule has 2 aromatic carbocycles. The largest absolute Gasteiger partial charge is 0.401 e. The molecule has 3 aromatic rings. The normalized spacial score (nSPS) is 22.3. The molecular weight excluding hydrogens is 503 g/mol. The van der Waals surface area contributed by atoms with E-state index in [-0.39, 0.29) is 17.9 Å². The molecule has 0 fully saturated rings. The lowest BCUT2D eigenvalue weighted by Gasteiger charge is -2.38. The number of nitrogens with one attached hydrogen (secondary N) is 1. The SMILES string of the molecule is CC1=CC(C(=O)Nc2ccc3c(c2)CCN3C(=O)Cc2ccccn2)(c2ccccc2)C=CC1(C)C(F)(F)F. The van der Waals surface area contributed by atoms with Gasteiger partial charge in [0, 0.05) is 29.8 Å². The third kappa shape index (κ3) is 4.75. The first-order chi connectivity index (χ1) is 18.5. The first-order valence-electron chi connectivity index (χ1n) is 12.7. The molecule has 0 saturated heterocycles. The molecule has 0 saturated carbocycles. The zero-order valence-corrected chi connectivity index (χ0v) is 21.6. The number of pyridine rings is 1. The average Bonchev–Trinajstić information content (AvgIpc) is 3.34. The van der Waals surface area contributed by atoms with Gasteiger partial charge in [-0.15, -0.1) is 0 Å². The van der Waals surface area contributed by atoms with Crippen LogP contribution in [-0.2, 0) is 27.8 Å². The maximum atomic E-state index is 13.9. The van der Waals surface area contributed by atoms with Crippen LogP contribution in [0.4, 0.5) is 24.5 Å². The molecule has 1 aliphatic heterocycles. The minimum Gasteiger partial charge on any atom is -0.325 e. The topological polar surface area (TPSA) is 62.3 Å². The molecular formula is C31H28F3N3O2. The van der Waals surface area contributed by atoms with Crippen molar-refractivity contribution in [1.82, 2.24) is 4.98 Å². The summed E-state index contributed by atoms with van der Waals surface area (Å²) in [5.74, 6) is -0.525. The van der Waals surface area contributed by atoms with E-state index in [2.05, 4.69) is 10.3 Å². The predicted molar refractivity (Wildman–Crippen MR) is 144 cm³/mol. The molecule has 8 heteroatoms. The van der Waals surface area contributed by atoms with Gasteiger partial charge in [0.2, 0.25) is 11.8 Å². The molecule has 1 aliphatic carbocycles. The molecule has 5 nitrogen and oxygen atoms in total. The monoisotopic (exact) mass is 531 g/mol. The van der Waals surface area contributed by atoms with Crippen LogP contribution in [0.15, 0.2) is 96.7 Å². The maximum absolute atomic E-state index is 13.9. The van der Waals surface area contributed by atoms with Crippen molar-refractivity contribution in [2.24, 2.45) is 5.41 Å². The van der Waals surface area contributed by atoms with E-state index in [9.17, 15) is 22.8 Å². The first-order valence-corrected chi connectivity index (χ1v) is 12.7. The molecule has 0 spiro atoms. The van der Waals surface area contributed by atoms with E-state index in [0.717, 1.165) is 24.3 Å². The van der Waals surface area contributed by atoms with E-state index in [1.165, 1.54) is 19.1 Å². The van der Waals surface area contributed by atoms with Gasteiger partial charge in [0.25, 0.3) is 0 Å². The fraction of sp³-hybridized carbons (Fsp3) is 0.258. The van der Waals surface area contributed by atoms with Gasteiger partial charge in [0.1, 0.15) is 10.8 Å². The van der Waals surface area contributed by atoms with Gasteiger partial charge in [-0.25, -0.2) is 0 Å². The van der Waals surface area contributed by atoms with E-state index < -0.39 is 22.9 Å². The molecule has 2 amide bonds. The number of amides is 2. The second-order valence-electron chi connectivity index (χ2n) is 10.2. The number of carbonyl (C=O) groups is 2. The van der Waals surface area contributed by atoms with Crippen LogP contribution >= 0.6 is 0 Å². The van der Waals surface area contributed by atoms with Gasteiger partial charge >= 0.3 is 6.18 Å². The van der Waals surface area contributed by atoms with Crippen LogP contribution < -0.4 is 10.2 Å². The Kier molecular flexibility index (Phi) is 6.66. The van der Waals surface area contributed by atoms with E-state index in [0.29, 0.717) is 29.9 Å². The molecule has 2 unspecified atom stereocenters. The number of aromatic nitrogens is 1. The van der Waals surface area contributed by atoms with Crippen molar-refractivity contribution in [1.29, 1.82) is 0 Å². The lowest BCUT2D eigenvalue weighted by molar-refractivity contribution is -0.187. The van der Waals surface area contributed by atoms with Crippen LogP contribution in [0.25, 0.3) is 0 Å². The van der Waals surface area contributed by atoms with E-state index in [1.54, 1.807) is 59.6 Å². The summed E-state index contributed by atoms with van der Waals surface area (Å²) < 4.78 is 41.7. The number of rotatable bonds is 5. The number of nitrogens with zero attached hydrogens (tertiary/aromatic N) is 2. The first kappa shape index (κ1) is 26.4. The quantitative estimate of drug-likeness (QED) is 0.401. The molecule has 1 aromatic heterocycles. The van der Waals surface area contributed by atoms with Gasteiger partial charge in [0.15, 0.2) is 0 Å². The Morgan fingerprint density at radius 1 is 1.03 bits per heavy atom. The fourth-order valence-corrected chi connectivity index (χ4v) is 5.18. The second kappa shape index (κ2) is 9.84. The predicted octanol–water partition coefficient (Wildman–Crippen LogP) is 6.17. The summed E-state index contributed by atoms with van der Waals surface area (Å²) >= 11 is 0. The Bertz CT molecular complexity index is 1470. The average molecular weight is 532 g/mol. The minimum atomic E-state index is -4.50. The van der Waals surface area contributed by atoms with Crippen molar-refractivity contribution in [3.8, 4) is 0 Å². The highest BCUT2D eigenvalue weighted by Crippen LogP contribution is 2.50. The Morgan fingerprint density at radius 2 is 1.77 bits per heavy atom. The Morgan fingerprint density at radius 3 is 2.44 bits per heavy atom. The van der Waals surface area contributed by atoms with Crippen molar-refractivity contribution in [3.63, 3.8) is 0 Å². The lowest BCUT2D eigenvalue weighted by Crippen LogP contribution is -2.44. The number of halogens is 3. The Hall–Kier alpha value is -4.20. The molecule has 0 bridgehead atoms. The van der Waals surface area contributed by atoms with Crippen molar-refractivity contribution >= 4 is 23.2 Å². The molecule has 0 radical (unpaired) electrons. The number of anilines is 2. The number of benzene rings is 2. The highest BCUT2D eigenvalue weighted by Gasteiger charge is 2.54. The van der Waals surface area contributed by atoms with Gasteiger partial charge in [-0.3, -0.25) is 14.6 Å². The molecule has 39 heavy (non-hydrogen) atoms. The highest BCUT2D eigenvalue weighted by atomic mass is 19.4. The zero-order chi connectivity index (χ0) is 27.8. The van der Waals surface area contributed by atoms with Crippen LogP contribution in [-0.4, -0.2) is 29.5 Å². The van der Waals surface area contributed by atoms with E-state index >= 15 is 0 Å². The minimum absolute atomic E-state index is 0.0486. The van der Waals surface area contributed by atoms with Crippen molar-refractivity contribution in [2.45, 2.75) is 38.3 Å². The summed E-state index contributed by atoms with van der Waals surface area (Å²) in [5, 5.41) is 2.92.